The summed E-state index contributed by atoms with van der Waals surface area (Å²) in [4.78, 5) is 0. The molecule has 2 aromatic carbocycles. The van der Waals surface area contributed by atoms with Gasteiger partial charge in [0.25, 0.3) is 0 Å². The van der Waals surface area contributed by atoms with Crippen molar-refractivity contribution in [1.82, 2.24) is 0 Å². The third-order valence-electron chi connectivity index (χ3n) is 3.37. The smallest absolute Gasteiger partial charge is 0.184 e. The van der Waals surface area contributed by atoms with Crippen molar-refractivity contribution < 1.29 is 18.6 Å². The minimum absolute atomic E-state index is 0.258. The Labute approximate surface area is 131 Å². The summed E-state index contributed by atoms with van der Waals surface area (Å²) >= 11 is 0. The summed E-state index contributed by atoms with van der Waals surface area (Å²) < 4.78 is 30.0. The predicted molar refractivity (Wildman–Crippen MR) is 84.3 cm³/mol. The summed E-state index contributed by atoms with van der Waals surface area (Å²) in [5.74, 6) is 0.505. The van der Waals surface area contributed by atoms with Gasteiger partial charge in [-0.05, 0) is 35.0 Å². The van der Waals surface area contributed by atoms with Crippen LogP contribution in [0.25, 0.3) is 0 Å². The van der Waals surface area contributed by atoms with Gasteiger partial charge < -0.3 is 14.2 Å². The fraction of sp³-hybridized carbons (Fsp3) is 0.235. The van der Waals surface area contributed by atoms with E-state index in [0.717, 1.165) is 22.1 Å². The van der Waals surface area contributed by atoms with Gasteiger partial charge in [0, 0.05) is 5.56 Å². The van der Waals surface area contributed by atoms with E-state index in [1.165, 1.54) is 12.1 Å². The Balaban J connectivity index is 1.74. The van der Waals surface area contributed by atoms with Crippen molar-refractivity contribution in [2.45, 2.75) is 12.9 Å². The highest BCUT2D eigenvalue weighted by molar-refractivity contribution is 6.57. The second kappa shape index (κ2) is 6.96. The molecule has 113 valence electrons. The van der Waals surface area contributed by atoms with E-state index >= 15 is 0 Å². The lowest BCUT2D eigenvalue weighted by Gasteiger charge is -2.14. The average molecular weight is 315 g/mol. The van der Waals surface area contributed by atoms with Gasteiger partial charge in [-0.25, -0.2) is 4.39 Å². The zero-order valence-corrected chi connectivity index (χ0v) is 13.0. The lowest BCUT2D eigenvalue weighted by atomic mass is 10.2. The maximum absolute atomic E-state index is 13.2. The van der Waals surface area contributed by atoms with Gasteiger partial charge in [0.15, 0.2) is 6.29 Å². The Bertz CT molecular complexity index is 669. The SMILES string of the molecule is C=[Si]c1cc(C2OCCO2)ccc1OCc1cccc(F)c1. The van der Waals surface area contributed by atoms with Crippen LogP contribution in [0.15, 0.2) is 42.5 Å². The first-order chi connectivity index (χ1) is 10.8. The third kappa shape index (κ3) is 3.49. The van der Waals surface area contributed by atoms with Crippen LogP contribution in [0.2, 0.25) is 0 Å². The van der Waals surface area contributed by atoms with Gasteiger partial charge >= 0.3 is 0 Å². The summed E-state index contributed by atoms with van der Waals surface area (Å²) in [6, 6.07) is 12.2. The fourth-order valence-corrected chi connectivity index (χ4v) is 2.90. The van der Waals surface area contributed by atoms with E-state index in [-0.39, 0.29) is 12.1 Å². The Morgan fingerprint density at radius 3 is 2.73 bits per heavy atom. The number of rotatable bonds is 5. The molecule has 1 radical (unpaired) electrons. The van der Waals surface area contributed by atoms with Crippen molar-refractivity contribution in [3.8, 4) is 5.75 Å². The molecule has 0 aliphatic carbocycles. The van der Waals surface area contributed by atoms with Crippen LogP contribution in [0, 0.1) is 5.82 Å². The Hall–Kier alpha value is -1.82. The van der Waals surface area contributed by atoms with E-state index in [0.29, 0.717) is 29.0 Å². The first-order valence-corrected chi connectivity index (χ1v) is 8.24. The fourth-order valence-electron chi connectivity index (χ4n) is 2.30. The number of benzene rings is 2. The molecule has 2 aromatic rings. The number of ether oxygens (including phenoxy) is 3. The second-order valence-electron chi connectivity index (χ2n) is 4.92. The largest absolute Gasteiger partial charge is 0.489 e. The van der Waals surface area contributed by atoms with Crippen LogP contribution < -0.4 is 9.92 Å². The lowest BCUT2D eigenvalue weighted by molar-refractivity contribution is -0.0440. The first kappa shape index (κ1) is 15.1. The average Bonchev–Trinajstić information content (AvgIpc) is 3.07. The monoisotopic (exact) mass is 315 g/mol. The molecular formula is C17H16FO3Si. The van der Waals surface area contributed by atoms with Crippen molar-refractivity contribution in [1.29, 1.82) is 0 Å². The maximum Gasteiger partial charge on any atom is 0.184 e. The van der Waals surface area contributed by atoms with Crippen molar-refractivity contribution in [2.75, 3.05) is 13.2 Å². The van der Waals surface area contributed by atoms with Crippen molar-refractivity contribution in [3.63, 3.8) is 0 Å². The minimum atomic E-state index is -0.299. The predicted octanol–water partition coefficient (Wildman–Crippen LogP) is 2.21. The molecule has 3 nitrogen and oxygen atoms in total. The van der Waals surface area contributed by atoms with Gasteiger partial charge in [-0.3, -0.25) is 0 Å². The summed E-state index contributed by atoms with van der Waals surface area (Å²) in [5.41, 5.74) is 1.77. The summed E-state index contributed by atoms with van der Waals surface area (Å²) in [5, 5.41) is 1.01. The molecule has 1 heterocycles. The number of hydrogen-bond donors (Lipinski definition) is 0. The molecule has 5 heteroatoms. The van der Waals surface area contributed by atoms with Crippen LogP contribution in [0.5, 0.6) is 5.75 Å². The summed E-state index contributed by atoms with van der Waals surface area (Å²) in [6.45, 7) is 1.56. The van der Waals surface area contributed by atoms with Crippen molar-refractivity contribution in [2.24, 2.45) is 0 Å². The second-order valence-corrected chi connectivity index (χ2v) is 5.82. The quantitative estimate of drug-likeness (QED) is 0.792. The molecule has 1 saturated heterocycles. The standard InChI is InChI=1S/C17H16FO3Si/c1-22-16-10-13(17-19-7-8-20-17)5-6-15(16)21-11-12-3-2-4-14(18)9-12/h2-6,9-10,17H,1,7-8,11H2. The molecule has 22 heavy (non-hydrogen) atoms. The van der Waals surface area contributed by atoms with Crippen LogP contribution in [-0.2, 0) is 16.1 Å². The van der Waals surface area contributed by atoms with E-state index in [2.05, 4.69) is 6.17 Å². The summed E-state index contributed by atoms with van der Waals surface area (Å²) in [6.07, 6.45) is 3.66. The highest BCUT2D eigenvalue weighted by atomic mass is 28.2. The van der Waals surface area contributed by atoms with E-state index in [9.17, 15) is 4.39 Å². The zero-order valence-electron chi connectivity index (χ0n) is 12.0. The van der Waals surface area contributed by atoms with Gasteiger partial charge in [-0.2, -0.15) is 0 Å². The lowest BCUT2D eigenvalue weighted by Crippen LogP contribution is -2.15. The van der Waals surface area contributed by atoms with Gasteiger partial charge in [-0.15, -0.1) is 6.17 Å². The normalized spacial score (nSPS) is 15.0. The van der Waals surface area contributed by atoms with Crippen LogP contribution in [0.3, 0.4) is 0 Å². The molecule has 0 unspecified atom stereocenters. The first-order valence-electron chi connectivity index (χ1n) is 7.04. The van der Waals surface area contributed by atoms with E-state index in [4.69, 9.17) is 14.2 Å². The Morgan fingerprint density at radius 1 is 1.18 bits per heavy atom. The highest BCUT2D eigenvalue weighted by Gasteiger charge is 2.19. The highest BCUT2D eigenvalue weighted by Crippen LogP contribution is 2.24. The molecular weight excluding hydrogens is 299 g/mol. The molecule has 3 rings (SSSR count). The van der Waals surface area contributed by atoms with Gasteiger partial charge in [0.2, 0.25) is 0 Å². The molecule has 0 atom stereocenters. The number of halogens is 1. The molecule has 1 aliphatic rings. The molecule has 0 amide bonds. The van der Waals surface area contributed by atoms with Crippen LogP contribution in [0.4, 0.5) is 4.39 Å². The van der Waals surface area contributed by atoms with Gasteiger partial charge in [-0.1, -0.05) is 18.2 Å². The summed E-state index contributed by atoms with van der Waals surface area (Å²) in [7, 11) is 0.346. The van der Waals surface area contributed by atoms with Crippen LogP contribution >= 0.6 is 0 Å². The molecule has 0 saturated carbocycles. The Morgan fingerprint density at radius 2 is 2.00 bits per heavy atom. The molecule has 1 fully saturated rings. The molecule has 1 aliphatic heterocycles. The molecule has 0 aromatic heterocycles. The maximum atomic E-state index is 13.2. The zero-order chi connectivity index (χ0) is 15.4. The van der Waals surface area contributed by atoms with E-state index in [1.807, 2.05) is 24.3 Å². The molecule has 0 spiro atoms. The third-order valence-corrected chi connectivity index (χ3v) is 4.14. The van der Waals surface area contributed by atoms with Gasteiger partial charge in [0.1, 0.15) is 18.2 Å². The van der Waals surface area contributed by atoms with E-state index < -0.39 is 0 Å². The minimum Gasteiger partial charge on any atom is -0.489 e. The molecule has 0 N–H and O–H groups in total. The molecule has 0 bridgehead atoms. The topological polar surface area (TPSA) is 27.7 Å². The van der Waals surface area contributed by atoms with Crippen molar-refractivity contribution in [3.05, 3.63) is 59.4 Å². The van der Waals surface area contributed by atoms with Crippen LogP contribution in [-0.4, -0.2) is 28.5 Å². The Kier molecular flexibility index (Phi) is 4.77. The number of hydrogen-bond acceptors (Lipinski definition) is 3. The van der Waals surface area contributed by atoms with E-state index in [1.54, 1.807) is 6.07 Å². The van der Waals surface area contributed by atoms with Gasteiger partial charge in [0.05, 0.1) is 22.3 Å². The van der Waals surface area contributed by atoms with Crippen LogP contribution in [0.1, 0.15) is 17.4 Å². The van der Waals surface area contributed by atoms with Crippen molar-refractivity contribution >= 4 is 20.5 Å².